The van der Waals surface area contributed by atoms with E-state index in [1.165, 1.54) is 0 Å². The molecule has 2 N–H and O–H groups in total. The zero-order chi connectivity index (χ0) is 14.0. The molecule has 2 fully saturated rings. The summed E-state index contributed by atoms with van der Waals surface area (Å²) < 4.78 is 4.74. The molecule has 0 bridgehead atoms. The molecule has 2 unspecified atom stereocenters. The van der Waals surface area contributed by atoms with Crippen molar-refractivity contribution < 1.29 is 19.1 Å². The predicted molar refractivity (Wildman–Crippen MR) is 65.9 cm³/mol. The van der Waals surface area contributed by atoms with Crippen molar-refractivity contribution in [1.29, 1.82) is 0 Å². The van der Waals surface area contributed by atoms with E-state index in [9.17, 15) is 14.4 Å². The lowest BCUT2D eigenvalue weighted by molar-refractivity contribution is -0.152. The van der Waals surface area contributed by atoms with Crippen molar-refractivity contribution in [1.82, 2.24) is 9.80 Å². The lowest BCUT2D eigenvalue weighted by atomic mass is 10.1. The van der Waals surface area contributed by atoms with Gasteiger partial charge in [0, 0.05) is 32.1 Å². The second-order valence-corrected chi connectivity index (χ2v) is 4.79. The van der Waals surface area contributed by atoms with Crippen LogP contribution >= 0.6 is 0 Å². The number of esters is 1. The SMILES string of the molecule is CCOC(=O)C(N)C(=O)N1CCN2C(=O)CCC2C1. The largest absolute Gasteiger partial charge is 0.464 e. The van der Waals surface area contributed by atoms with Gasteiger partial charge in [-0.25, -0.2) is 4.79 Å². The van der Waals surface area contributed by atoms with Crippen molar-refractivity contribution in [3.63, 3.8) is 0 Å². The van der Waals surface area contributed by atoms with Crippen molar-refractivity contribution in [3.05, 3.63) is 0 Å². The number of amides is 2. The van der Waals surface area contributed by atoms with Crippen LogP contribution in [0.3, 0.4) is 0 Å². The van der Waals surface area contributed by atoms with Crippen LogP contribution in [-0.4, -0.2) is 65.9 Å². The molecule has 7 heteroatoms. The number of piperazine rings is 1. The molecular formula is C12H19N3O4. The third-order valence-electron chi connectivity index (χ3n) is 3.61. The molecule has 0 aromatic carbocycles. The fourth-order valence-electron chi connectivity index (χ4n) is 2.59. The highest BCUT2D eigenvalue weighted by atomic mass is 16.5. The molecule has 2 heterocycles. The zero-order valence-corrected chi connectivity index (χ0v) is 11.0. The van der Waals surface area contributed by atoms with Crippen LogP contribution in [0.1, 0.15) is 19.8 Å². The molecule has 0 spiro atoms. The van der Waals surface area contributed by atoms with Crippen molar-refractivity contribution in [3.8, 4) is 0 Å². The van der Waals surface area contributed by atoms with Gasteiger partial charge in [-0.1, -0.05) is 0 Å². The molecule has 2 aliphatic heterocycles. The van der Waals surface area contributed by atoms with Crippen molar-refractivity contribution in [2.75, 3.05) is 26.2 Å². The summed E-state index contributed by atoms with van der Waals surface area (Å²) in [6.45, 7) is 3.26. The highest BCUT2D eigenvalue weighted by molar-refractivity contribution is 6.01. The minimum Gasteiger partial charge on any atom is -0.464 e. The zero-order valence-electron chi connectivity index (χ0n) is 11.0. The van der Waals surface area contributed by atoms with Gasteiger partial charge in [-0.2, -0.15) is 0 Å². The highest BCUT2D eigenvalue weighted by Crippen LogP contribution is 2.23. The Morgan fingerprint density at radius 3 is 2.89 bits per heavy atom. The lowest BCUT2D eigenvalue weighted by Crippen LogP contribution is -2.58. The molecule has 0 saturated carbocycles. The quantitative estimate of drug-likeness (QED) is 0.508. The minimum absolute atomic E-state index is 0.0691. The summed E-state index contributed by atoms with van der Waals surface area (Å²) in [6, 6.07) is -1.19. The minimum atomic E-state index is -1.26. The van der Waals surface area contributed by atoms with E-state index in [2.05, 4.69) is 0 Å². The van der Waals surface area contributed by atoms with Gasteiger partial charge in [-0.05, 0) is 13.3 Å². The Labute approximate surface area is 111 Å². The molecule has 2 saturated heterocycles. The first-order chi connectivity index (χ1) is 9.04. The Morgan fingerprint density at radius 2 is 2.21 bits per heavy atom. The summed E-state index contributed by atoms with van der Waals surface area (Å²) in [4.78, 5) is 38.4. The second kappa shape index (κ2) is 5.56. The molecule has 7 nitrogen and oxygen atoms in total. The number of nitrogens with two attached hydrogens (primary N) is 1. The first-order valence-electron chi connectivity index (χ1n) is 6.55. The standard InChI is InChI=1S/C12H19N3O4/c1-2-19-12(18)10(13)11(17)14-5-6-15-8(7-14)3-4-9(15)16/h8,10H,2-7,13H2,1H3. The van der Waals surface area contributed by atoms with Gasteiger partial charge >= 0.3 is 5.97 Å². The molecule has 2 amide bonds. The van der Waals surface area contributed by atoms with Gasteiger partial charge in [0.05, 0.1) is 6.61 Å². The first-order valence-corrected chi connectivity index (χ1v) is 6.55. The van der Waals surface area contributed by atoms with Crippen LogP contribution in [0, 0.1) is 0 Å². The topological polar surface area (TPSA) is 92.9 Å². The van der Waals surface area contributed by atoms with Gasteiger partial charge in [-0.15, -0.1) is 0 Å². The number of carbonyl (C=O) groups excluding carboxylic acids is 3. The molecular weight excluding hydrogens is 250 g/mol. The Balaban J connectivity index is 1.94. The van der Waals surface area contributed by atoms with E-state index in [-0.39, 0.29) is 18.6 Å². The van der Waals surface area contributed by atoms with Gasteiger partial charge in [0.2, 0.25) is 5.91 Å². The molecule has 2 rings (SSSR count). The maximum Gasteiger partial charge on any atom is 0.332 e. The third kappa shape index (κ3) is 2.70. The first kappa shape index (κ1) is 13.8. The summed E-state index contributed by atoms with van der Waals surface area (Å²) >= 11 is 0. The van der Waals surface area contributed by atoms with Crippen LogP contribution in [-0.2, 0) is 19.1 Å². The molecule has 2 atom stereocenters. The van der Waals surface area contributed by atoms with E-state index in [0.29, 0.717) is 26.1 Å². The van der Waals surface area contributed by atoms with Crippen LogP contribution in [0.25, 0.3) is 0 Å². The fraction of sp³-hybridized carbons (Fsp3) is 0.750. The summed E-state index contributed by atoms with van der Waals surface area (Å²) in [5.41, 5.74) is 5.60. The van der Waals surface area contributed by atoms with Gasteiger partial charge < -0.3 is 20.3 Å². The molecule has 0 aromatic rings. The second-order valence-electron chi connectivity index (χ2n) is 4.79. The molecule has 19 heavy (non-hydrogen) atoms. The van der Waals surface area contributed by atoms with Crippen LogP contribution in [0.4, 0.5) is 0 Å². The number of nitrogens with zero attached hydrogens (tertiary/aromatic N) is 2. The van der Waals surface area contributed by atoms with E-state index in [4.69, 9.17) is 10.5 Å². The Kier molecular flexibility index (Phi) is 4.04. The van der Waals surface area contributed by atoms with Gasteiger partial charge in [0.15, 0.2) is 6.04 Å². The predicted octanol–water partition coefficient (Wildman–Crippen LogP) is -1.29. The smallest absolute Gasteiger partial charge is 0.332 e. The maximum atomic E-state index is 12.1. The van der Waals surface area contributed by atoms with E-state index in [1.54, 1.807) is 16.7 Å². The Morgan fingerprint density at radius 1 is 1.47 bits per heavy atom. The van der Waals surface area contributed by atoms with Gasteiger partial charge in [-0.3, -0.25) is 9.59 Å². The molecule has 0 aliphatic carbocycles. The summed E-state index contributed by atoms with van der Waals surface area (Å²) in [5.74, 6) is -0.971. The number of carbonyl (C=O) groups is 3. The molecule has 2 aliphatic rings. The summed E-state index contributed by atoms with van der Waals surface area (Å²) in [6.07, 6.45) is 1.30. The summed E-state index contributed by atoms with van der Waals surface area (Å²) in [5, 5.41) is 0. The highest BCUT2D eigenvalue weighted by Gasteiger charge is 2.39. The van der Waals surface area contributed by atoms with Crippen LogP contribution in [0.2, 0.25) is 0 Å². The maximum absolute atomic E-state index is 12.1. The number of hydrogen-bond acceptors (Lipinski definition) is 5. The Bertz CT molecular complexity index is 398. The molecule has 106 valence electrons. The van der Waals surface area contributed by atoms with Crippen molar-refractivity contribution in [2.24, 2.45) is 5.73 Å². The molecule has 0 aromatic heterocycles. The Hall–Kier alpha value is -1.63. The van der Waals surface area contributed by atoms with Crippen molar-refractivity contribution >= 4 is 17.8 Å². The van der Waals surface area contributed by atoms with Crippen LogP contribution in [0.15, 0.2) is 0 Å². The van der Waals surface area contributed by atoms with Gasteiger partial charge in [0.25, 0.3) is 5.91 Å². The third-order valence-corrected chi connectivity index (χ3v) is 3.61. The number of hydrogen-bond donors (Lipinski definition) is 1. The van der Waals surface area contributed by atoms with E-state index in [1.807, 2.05) is 0 Å². The average molecular weight is 269 g/mol. The van der Waals surface area contributed by atoms with E-state index < -0.39 is 17.9 Å². The van der Waals surface area contributed by atoms with Crippen LogP contribution < -0.4 is 5.73 Å². The normalized spacial score (nSPS) is 24.1. The number of ether oxygens (including phenoxy) is 1. The average Bonchev–Trinajstić information content (AvgIpc) is 2.78. The van der Waals surface area contributed by atoms with E-state index >= 15 is 0 Å². The van der Waals surface area contributed by atoms with E-state index in [0.717, 1.165) is 6.42 Å². The van der Waals surface area contributed by atoms with Crippen molar-refractivity contribution in [2.45, 2.75) is 31.8 Å². The van der Waals surface area contributed by atoms with Crippen LogP contribution in [0.5, 0.6) is 0 Å². The fourth-order valence-corrected chi connectivity index (χ4v) is 2.59. The monoisotopic (exact) mass is 269 g/mol. The number of rotatable bonds is 3. The molecule has 0 radical (unpaired) electrons. The van der Waals surface area contributed by atoms with Gasteiger partial charge in [0.1, 0.15) is 0 Å². The lowest BCUT2D eigenvalue weighted by Gasteiger charge is -2.38. The number of fused-ring (bicyclic) bond motifs is 1. The summed E-state index contributed by atoms with van der Waals surface area (Å²) in [7, 11) is 0.